The molecule has 0 amide bonds. The number of ether oxygens (including phenoxy) is 2. The van der Waals surface area contributed by atoms with E-state index in [1.807, 2.05) is 24.3 Å². The van der Waals surface area contributed by atoms with E-state index in [1.54, 1.807) is 42.5 Å². The second-order valence-corrected chi connectivity index (χ2v) is 17.4. The van der Waals surface area contributed by atoms with Crippen molar-refractivity contribution in [1.29, 1.82) is 0 Å². The fourth-order valence-electron chi connectivity index (χ4n) is 6.87. The molecule has 4 rings (SSSR count). The van der Waals surface area contributed by atoms with Crippen LogP contribution in [0.25, 0.3) is 0 Å². The van der Waals surface area contributed by atoms with Crippen molar-refractivity contribution in [3.63, 3.8) is 0 Å². The number of hydrogen-bond donors (Lipinski definition) is 2. The van der Waals surface area contributed by atoms with E-state index < -0.39 is 41.5 Å². The van der Waals surface area contributed by atoms with Crippen LogP contribution in [0, 0.1) is 0 Å². The summed E-state index contributed by atoms with van der Waals surface area (Å²) in [6.07, 6.45) is 21.1. The summed E-state index contributed by atoms with van der Waals surface area (Å²) in [7, 11) is -9.45. The fourth-order valence-corrected chi connectivity index (χ4v) is 8.53. The number of unbranched alkanes of at least 4 members (excludes halogenated alkanes) is 16. The van der Waals surface area contributed by atoms with Gasteiger partial charge < -0.3 is 24.2 Å². The molecule has 0 spiro atoms. The SMILES string of the molecule is CCCCCCCCCCCc1c(Oc2ccccc2)ccc(O)c1S(=O)(=O)O.CCCCCCCCCCCc1c(Oc2ccccc2)ccc([O-])c1S(=O)(=O)[O-].[Ca+2]. The third-order valence-electron chi connectivity index (χ3n) is 9.89. The molecule has 0 saturated heterocycles. The number of para-hydroxylation sites is 2. The minimum Gasteiger partial charge on any atom is -0.872 e. The largest absolute Gasteiger partial charge is 2.00 e. The van der Waals surface area contributed by atoms with Crippen molar-refractivity contribution in [3.8, 4) is 34.5 Å². The van der Waals surface area contributed by atoms with Gasteiger partial charge in [-0.2, -0.15) is 8.42 Å². The zero-order valence-electron chi connectivity index (χ0n) is 34.9. The minimum absolute atomic E-state index is 0. The van der Waals surface area contributed by atoms with Crippen molar-refractivity contribution in [1.82, 2.24) is 0 Å². The molecule has 0 aliphatic heterocycles. The summed E-state index contributed by atoms with van der Waals surface area (Å²) in [6, 6.07) is 23.2. The van der Waals surface area contributed by atoms with Crippen molar-refractivity contribution in [2.45, 2.75) is 152 Å². The number of aromatic hydroxyl groups is 1. The maximum Gasteiger partial charge on any atom is 2.00 e. The molecule has 10 nitrogen and oxygen atoms in total. The van der Waals surface area contributed by atoms with Crippen LogP contribution in [-0.4, -0.2) is 68.8 Å². The van der Waals surface area contributed by atoms with Crippen molar-refractivity contribution < 1.29 is 45.6 Å². The third kappa shape index (κ3) is 19.6. The molecule has 0 saturated carbocycles. The van der Waals surface area contributed by atoms with Gasteiger partial charge in [0, 0.05) is 11.1 Å². The van der Waals surface area contributed by atoms with Gasteiger partial charge >= 0.3 is 37.7 Å². The van der Waals surface area contributed by atoms with E-state index in [9.17, 15) is 36.2 Å². The molecule has 0 radical (unpaired) electrons. The van der Waals surface area contributed by atoms with Gasteiger partial charge in [0.05, 0.1) is 4.90 Å². The normalized spacial score (nSPS) is 11.3. The van der Waals surface area contributed by atoms with Crippen molar-refractivity contribution in [2.24, 2.45) is 0 Å². The topological polar surface area (TPSA) is 173 Å². The Balaban J connectivity index is 0.000000400. The number of benzene rings is 4. The fraction of sp³-hybridized carbons (Fsp3) is 0.478. The number of rotatable bonds is 26. The molecule has 0 fully saturated rings. The Hall–Kier alpha value is -2.84. The maximum absolute atomic E-state index is 12.1. The maximum atomic E-state index is 12.1. The van der Waals surface area contributed by atoms with Crippen LogP contribution < -0.4 is 14.6 Å². The van der Waals surface area contributed by atoms with Gasteiger partial charge in [0.2, 0.25) is 0 Å². The quantitative estimate of drug-likeness (QED) is 0.0351. The van der Waals surface area contributed by atoms with E-state index in [4.69, 9.17) is 9.47 Å². The average molecular weight is 879 g/mol. The van der Waals surface area contributed by atoms with Gasteiger partial charge in [0.25, 0.3) is 10.1 Å². The van der Waals surface area contributed by atoms with Crippen molar-refractivity contribution in [2.75, 3.05) is 0 Å². The summed E-state index contributed by atoms with van der Waals surface area (Å²) in [5, 5.41) is 22.2. The van der Waals surface area contributed by atoms with Gasteiger partial charge in [0.15, 0.2) is 0 Å². The summed E-state index contributed by atoms with van der Waals surface area (Å²) >= 11 is 0. The van der Waals surface area contributed by atoms with Crippen LogP contribution in [0.2, 0.25) is 0 Å². The summed E-state index contributed by atoms with van der Waals surface area (Å²) in [5.41, 5.74) is 0.513. The van der Waals surface area contributed by atoms with Crippen LogP contribution in [0.4, 0.5) is 0 Å². The Morgan fingerprint density at radius 1 is 0.508 bits per heavy atom. The van der Waals surface area contributed by atoms with Crippen LogP contribution in [0.15, 0.2) is 94.7 Å². The average Bonchev–Trinajstić information content (AvgIpc) is 3.18. The molecule has 0 heterocycles. The Labute approximate surface area is 383 Å². The van der Waals surface area contributed by atoms with Gasteiger partial charge in [0.1, 0.15) is 43.8 Å². The van der Waals surface area contributed by atoms with Gasteiger partial charge in [-0.15, -0.1) is 0 Å². The molecule has 13 heteroatoms. The third-order valence-corrected chi connectivity index (χ3v) is 11.8. The molecule has 59 heavy (non-hydrogen) atoms. The first-order chi connectivity index (χ1) is 27.9. The van der Waals surface area contributed by atoms with Crippen molar-refractivity contribution in [3.05, 3.63) is 96.1 Å². The van der Waals surface area contributed by atoms with E-state index in [1.165, 1.54) is 82.8 Å². The first-order valence-corrected chi connectivity index (χ1v) is 23.8. The molecule has 0 atom stereocenters. The Morgan fingerprint density at radius 2 is 0.864 bits per heavy atom. The standard InChI is InChI=1S/2C23H32O5S.Ca/c2*1-2-3-4-5-6-7-8-9-13-16-20-22(28-19-14-11-10-12-15-19)18-17-21(24)23(20)29(25,26)27;/h2*10-12,14-15,17-18,24H,2-9,13,16H2,1H3,(H,25,26,27);/q;;+2/p-2. The first-order valence-electron chi connectivity index (χ1n) is 20.9. The zero-order valence-corrected chi connectivity index (χ0v) is 38.8. The van der Waals surface area contributed by atoms with E-state index >= 15 is 0 Å². The molecular weight excluding hydrogens is 817 g/mol. The summed E-state index contributed by atoms with van der Waals surface area (Å²) in [4.78, 5) is -1.13. The second-order valence-electron chi connectivity index (χ2n) is 14.7. The first kappa shape index (κ1) is 52.3. The number of hydrogen-bond acceptors (Lipinski definition) is 9. The van der Waals surface area contributed by atoms with E-state index in [0.29, 0.717) is 42.1 Å². The predicted molar refractivity (Wildman–Crippen MR) is 232 cm³/mol. The molecule has 4 aromatic rings. The van der Waals surface area contributed by atoms with Gasteiger partial charge in [-0.1, -0.05) is 165 Å². The Bertz CT molecular complexity index is 1850. The van der Waals surface area contributed by atoms with Gasteiger partial charge in [-0.3, -0.25) is 4.55 Å². The molecule has 4 aromatic carbocycles. The molecule has 2 N–H and O–H groups in total. The number of phenols is 1. The van der Waals surface area contributed by atoms with Gasteiger partial charge in [-0.05, 0) is 68.1 Å². The van der Waals surface area contributed by atoms with Crippen LogP contribution >= 0.6 is 0 Å². The minimum atomic E-state index is -4.88. The second kappa shape index (κ2) is 28.6. The van der Waals surface area contributed by atoms with E-state index in [0.717, 1.165) is 44.6 Å². The zero-order chi connectivity index (χ0) is 42.2. The van der Waals surface area contributed by atoms with E-state index in [-0.39, 0.29) is 49.1 Å². The van der Waals surface area contributed by atoms with Crippen LogP contribution in [0.3, 0.4) is 0 Å². The van der Waals surface area contributed by atoms with Crippen LogP contribution in [-0.2, 0) is 33.1 Å². The molecule has 0 bridgehead atoms. The smallest absolute Gasteiger partial charge is 0.872 e. The van der Waals surface area contributed by atoms with E-state index in [2.05, 4.69) is 13.8 Å². The number of phenolic OH excluding ortho intramolecular Hbond substituents is 1. The molecule has 0 aliphatic rings. The summed E-state index contributed by atoms with van der Waals surface area (Å²) in [5.74, 6) is 0.442. The predicted octanol–water partition coefficient (Wildman–Crippen LogP) is 11.7. The monoisotopic (exact) mass is 878 g/mol. The Kier molecular flexibility index (Phi) is 25.4. The molecule has 320 valence electrons. The van der Waals surface area contributed by atoms with Crippen LogP contribution in [0.1, 0.15) is 141 Å². The molecular formula is C46H62CaO10S2. The Morgan fingerprint density at radius 3 is 1.24 bits per heavy atom. The molecule has 0 aliphatic carbocycles. The van der Waals surface area contributed by atoms with Gasteiger partial charge in [-0.25, -0.2) is 8.42 Å². The van der Waals surface area contributed by atoms with Crippen LogP contribution in [0.5, 0.6) is 34.5 Å². The molecule has 0 unspecified atom stereocenters. The summed E-state index contributed by atoms with van der Waals surface area (Å²) in [6.45, 7) is 4.40. The summed E-state index contributed by atoms with van der Waals surface area (Å²) < 4.78 is 80.2. The van der Waals surface area contributed by atoms with Crippen molar-refractivity contribution >= 4 is 58.0 Å². The molecule has 0 aromatic heterocycles.